The zero-order valence-corrected chi connectivity index (χ0v) is 13.9. The molecule has 0 fully saturated rings. The van der Waals surface area contributed by atoms with Crippen molar-refractivity contribution >= 4 is 11.8 Å². The molecule has 1 unspecified atom stereocenters. The molecule has 3 N–H and O–H groups in total. The van der Waals surface area contributed by atoms with E-state index in [2.05, 4.69) is 5.32 Å². The van der Waals surface area contributed by atoms with E-state index in [0.717, 1.165) is 5.56 Å². The van der Waals surface area contributed by atoms with Crippen LogP contribution in [0.1, 0.15) is 17.5 Å². The number of nitrogens with two attached hydrogens (primary N) is 1. The Morgan fingerprint density at radius 3 is 1.93 bits per heavy atom. The van der Waals surface area contributed by atoms with E-state index in [1.807, 2.05) is 0 Å². The predicted molar refractivity (Wildman–Crippen MR) is 85.8 cm³/mol. The monoisotopic (exact) mass is 386 g/mol. The molecule has 9 heteroatoms. The van der Waals surface area contributed by atoms with E-state index in [4.69, 9.17) is 5.73 Å². The average molecular weight is 386 g/mol. The minimum Gasteiger partial charge on any atom is -0.368 e. The number of hydrogen-bond donors (Lipinski definition) is 2. The maximum absolute atomic E-state index is 13.7. The minimum atomic E-state index is -2.31. The molecule has 0 aliphatic carbocycles. The van der Waals surface area contributed by atoms with Gasteiger partial charge in [-0.15, -0.1) is 0 Å². The smallest absolute Gasteiger partial charge is 0.240 e. The number of halogens is 5. The van der Waals surface area contributed by atoms with Gasteiger partial charge in [0.1, 0.15) is 6.04 Å². The molecule has 2 amide bonds. The van der Waals surface area contributed by atoms with Crippen molar-refractivity contribution in [3.05, 3.63) is 70.5 Å². The molecule has 2 rings (SSSR count). The number of hydrogen-bond acceptors (Lipinski definition) is 2. The number of rotatable bonds is 7. The summed E-state index contributed by atoms with van der Waals surface area (Å²) < 4.78 is 67.1. The molecule has 4 nitrogen and oxygen atoms in total. The fraction of sp³-hybridized carbons (Fsp3) is 0.222. The molecule has 0 radical (unpaired) electrons. The highest BCUT2D eigenvalue weighted by Gasteiger charge is 2.29. The van der Waals surface area contributed by atoms with E-state index in [1.165, 1.54) is 0 Å². The molecule has 27 heavy (non-hydrogen) atoms. The first kappa shape index (κ1) is 20.3. The van der Waals surface area contributed by atoms with Crippen molar-refractivity contribution in [2.75, 3.05) is 0 Å². The van der Waals surface area contributed by atoms with E-state index in [9.17, 15) is 31.5 Å². The highest BCUT2D eigenvalue weighted by molar-refractivity contribution is 5.86. The molecule has 0 bridgehead atoms. The molecule has 1 atom stereocenters. The highest BCUT2D eigenvalue weighted by atomic mass is 19.2. The summed E-state index contributed by atoms with van der Waals surface area (Å²) in [5.74, 6) is -12.6. The van der Waals surface area contributed by atoms with Crippen molar-refractivity contribution in [3.8, 4) is 0 Å². The SMILES string of the molecule is NC(=O)C(Cc1c(F)c(F)c(F)c(F)c1F)NC(=O)CCc1ccccc1. The van der Waals surface area contributed by atoms with Crippen LogP contribution in [0, 0.1) is 29.1 Å². The topological polar surface area (TPSA) is 72.2 Å². The van der Waals surface area contributed by atoms with Gasteiger partial charge in [0.15, 0.2) is 23.3 Å². The van der Waals surface area contributed by atoms with Gasteiger partial charge in [0.25, 0.3) is 0 Å². The molecule has 2 aromatic carbocycles. The van der Waals surface area contributed by atoms with E-state index in [-0.39, 0.29) is 6.42 Å². The van der Waals surface area contributed by atoms with Crippen molar-refractivity contribution < 1.29 is 31.5 Å². The second-order valence-electron chi connectivity index (χ2n) is 5.76. The molecule has 0 aliphatic rings. The number of primary amides is 1. The average Bonchev–Trinajstić information content (AvgIpc) is 2.66. The summed E-state index contributed by atoms with van der Waals surface area (Å²) in [5, 5.41) is 2.16. The van der Waals surface area contributed by atoms with Crippen molar-refractivity contribution in [2.45, 2.75) is 25.3 Å². The van der Waals surface area contributed by atoms with Gasteiger partial charge in [0, 0.05) is 18.4 Å². The van der Waals surface area contributed by atoms with Gasteiger partial charge in [0.2, 0.25) is 17.6 Å². The molecule has 0 saturated carbocycles. The summed E-state index contributed by atoms with van der Waals surface area (Å²) in [6.45, 7) is 0. The van der Waals surface area contributed by atoms with Crippen molar-refractivity contribution in [1.29, 1.82) is 0 Å². The number of carbonyl (C=O) groups is 2. The fourth-order valence-electron chi connectivity index (χ4n) is 2.43. The van der Waals surface area contributed by atoms with Crippen LogP contribution in [0.25, 0.3) is 0 Å². The molecular formula is C18H15F5N2O2. The number of nitrogens with one attached hydrogen (secondary N) is 1. The van der Waals surface area contributed by atoms with Crippen LogP contribution in [-0.2, 0) is 22.4 Å². The number of amides is 2. The lowest BCUT2D eigenvalue weighted by Gasteiger charge is -2.17. The van der Waals surface area contributed by atoms with Crippen molar-refractivity contribution in [2.24, 2.45) is 5.73 Å². The number of aryl methyl sites for hydroxylation is 1. The van der Waals surface area contributed by atoms with Crippen LogP contribution in [0.3, 0.4) is 0 Å². The minimum absolute atomic E-state index is 0.0646. The third-order valence-corrected chi connectivity index (χ3v) is 3.87. The third kappa shape index (κ3) is 4.81. The molecule has 0 aromatic heterocycles. The normalized spacial score (nSPS) is 11.9. The largest absolute Gasteiger partial charge is 0.368 e. The van der Waals surface area contributed by atoms with Gasteiger partial charge in [-0.05, 0) is 12.0 Å². The summed E-state index contributed by atoms with van der Waals surface area (Å²) in [4.78, 5) is 23.4. The van der Waals surface area contributed by atoms with Crippen molar-refractivity contribution in [3.63, 3.8) is 0 Å². The first-order valence-electron chi connectivity index (χ1n) is 7.85. The van der Waals surface area contributed by atoms with E-state index in [1.54, 1.807) is 30.3 Å². The van der Waals surface area contributed by atoms with Gasteiger partial charge in [0.05, 0.1) is 0 Å². The van der Waals surface area contributed by atoms with Gasteiger partial charge in [-0.25, -0.2) is 22.0 Å². The Hall–Kier alpha value is -2.97. The van der Waals surface area contributed by atoms with Crippen LogP contribution in [0.4, 0.5) is 22.0 Å². The van der Waals surface area contributed by atoms with Gasteiger partial charge in [-0.1, -0.05) is 30.3 Å². The summed E-state index contributed by atoms with van der Waals surface area (Å²) >= 11 is 0. The second kappa shape index (κ2) is 8.61. The predicted octanol–water partition coefficient (Wildman–Crippen LogP) is 2.53. The highest BCUT2D eigenvalue weighted by Crippen LogP contribution is 2.24. The molecule has 0 aliphatic heterocycles. The van der Waals surface area contributed by atoms with Gasteiger partial charge < -0.3 is 11.1 Å². The molecule has 0 spiro atoms. The maximum atomic E-state index is 13.7. The standard InChI is InChI=1S/C18H15F5N2O2/c19-13-10(14(20)16(22)17(23)15(13)21)8-11(18(24)27)25-12(26)7-6-9-4-2-1-3-5-9/h1-5,11H,6-8H2,(H2,24,27)(H,25,26). The summed E-state index contributed by atoms with van der Waals surface area (Å²) in [5.41, 5.74) is 4.70. The van der Waals surface area contributed by atoms with Crippen LogP contribution < -0.4 is 11.1 Å². The molecular weight excluding hydrogens is 371 g/mol. The Morgan fingerprint density at radius 1 is 0.889 bits per heavy atom. The third-order valence-electron chi connectivity index (χ3n) is 3.87. The van der Waals surface area contributed by atoms with Crippen LogP contribution in [0.15, 0.2) is 30.3 Å². The van der Waals surface area contributed by atoms with Crippen LogP contribution in [-0.4, -0.2) is 17.9 Å². The van der Waals surface area contributed by atoms with Gasteiger partial charge in [-0.2, -0.15) is 0 Å². The summed E-state index contributed by atoms with van der Waals surface area (Å²) in [7, 11) is 0. The lowest BCUT2D eigenvalue weighted by molar-refractivity contribution is -0.127. The number of carbonyl (C=O) groups excluding carboxylic acids is 2. The zero-order chi connectivity index (χ0) is 20.1. The number of benzene rings is 2. The Labute approximate surface area is 151 Å². The van der Waals surface area contributed by atoms with Gasteiger partial charge >= 0.3 is 0 Å². The lowest BCUT2D eigenvalue weighted by atomic mass is 10.0. The zero-order valence-electron chi connectivity index (χ0n) is 13.9. The maximum Gasteiger partial charge on any atom is 0.240 e. The first-order chi connectivity index (χ1) is 12.7. The summed E-state index contributed by atoms with van der Waals surface area (Å²) in [6, 6.07) is 7.23. The molecule has 0 saturated heterocycles. The molecule has 2 aromatic rings. The van der Waals surface area contributed by atoms with E-state index >= 15 is 0 Å². The Morgan fingerprint density at radius 2 is 1.41 bits per heavy atom. The van der Waals surface area contributed by atoms with Crippen LogP contribution in [0.5, 0.6) is 0 Å². The van der Waals surface area contributed by atoms with E-state index in [0.29, 0.717) is 6.42 Å². The van der Waals surface area contributed by atoms with Crippen molar-refractivity contribution in [1.82, 2.24) is 5.32 Å². The summed E-state index contributed by atoms with van der Waals surface area (Å²) in [6.07, 6.45) is -0.718. The van der Waals surface area contributed by atoms with Crippen LogP contribution >= 0.6 is 0 Å². The van der Waals surface area contributed by atoms with Crippen LogP contribution in [0.2, 0.25) is 0 Å². The lowest BCUT2D eigenvalue weighted by Crippen LogP contribution is -2.46. The fourth-order valence-corrected chi connectivity index (χ4v) is 2.43. The Bertz CT molecular complexity index is 830. The second-order valence-corrected chi connectivity index (χ2v) is 5.76. The Balaban J connectivity index is 2.12. The quantitative estimate of drug-likeness (QED) is 0.436. The van der Waals surface area contributed by atoms with Gasteiger partial charge in [-0.3, -0.25) is 9.59 Å². The first-order valence-corrected chi connectivity index (χ1v) is 7.85. The Kier molecular flexibility index (Phi) is 6.49. The van der Waals surface area contributed by atoms with E-state index < -0.39 is 58.9 Å². The molecule has 144 valence electrons. The molecule has 0 heterocycles.